The summed E-state index contributed by atoms with van der Waals surface area (Å²) in [6, 6.07) is 8.29. The zero-order valence-electron chi connectivity index (χ0n) is 15.8. The van der Waals surface area contributed by atoms with Crippen LogP contribution in [0.1, 0.15) is 40.7 Å². The van der Waals surface area contributed by atoms with Crippen molar-refractivity contribution in [2.24, 2.45) is 0 Å². The highest BCUT2D eigenvalue weighted by Crippen LogP contribution is 2.55. The van der Waals surface area contributed by atoms with Gasteiger partial charge in [0.25, 0.3) is 0 Å². The number of methoxy groups -OCH3 is 1. The number of ether oxygens (including phenoxy) is 6. The third-order valence-electron chi connectivity index (χ3n) is 6.09. The molecule has 146 valence electrons. The normalized spacial score (nSPS) is 27.0. The van der Waals surface area contributed by atoms with E-state index in [0.29, 0.717) is 0 Å². The van der Waals surface area contributed by atoms with E-state index < -0.39 is 6.29 Å². The van der Waals surface area contributed by atoms with E-state index in [1.54, 1.807) is 7.11 Å². The molecule has 0 aromatic heterocycles. The molecule has 0 unspecified atom stereocenters. The van der Waals surface area contributed by atoms with Crippen LogP contribution < -0.4 is 18.9 Å². The minimum atomic E-state index is -0.482. The van der Waals surface area contributed by atoms with Crippen molar-refractivity contribution in [3.8, 4) is 23.0 Å². The molecular weight excluding hydrogens is 362 g/mol. The Hall–Kier alpha value is -2.48. The average molecular weight is 383 g/mol. The van der Waals surface area contributed by atoms with Gasteiger partial charge in [0.2, 0.25) is 13.6 Å². The van der Waals surface area contributed by atoms with Gasteiger partial charge in [0.1, 0.15) is 6.10 Å². The van der Waals surface area contributed by atoms with Crippen LogP contribution in [0, 0.1) is 0 Å². The van der Waals surface area contributed by atoms with E-state index in [0.717, 1.165) is 47.1 Å². The lowest BCUT2D eigenvalue weighted by Gasteiger charge is -2.38. The molecular formula is C21H21NO6. The summed E-state index contributed by atoms with van der Waals surface area (Å²) in [5, 5.41) is 0. The predicted octanol–water partition coefficient (Wildman–Crippen LogP) is 3.09. The van der Waals surface area contributed by atoms with Gasteiger partial charge in [-0.25, -0.2) is 0 Å². The first kappa shape index (κ1) is 16.5. The summed E-state index contributed by atoms with van der Waals surface area (Å²) < 4.78 is 34.6. The molecule has 0 aliphatic carbocycles. The standard InChI is InChI=1S/C21H21NO6/c1-22-6-5-11-7-15-16(26-9-25-15)8-13(11)18(22)19-12-3-4-14-20(27-10-24-14)17(12)21(23-2)28-19/h3-4,7-8,18-19,21H,5-6,9-10H2,1-2H3/t18-,19+,21+/m0/s1. The van der Waals surface area contributed by atoms with Crippen molar-refractivity contribution in [1.29, 1.82) is 0 Å². The van der Waals surface area contributed by atoms with Gasteiger partial charge in [0.05, 0.1) is 11.6 Å². The van der Waals surface area contributed by atoms with Crippen molar-refractivity contribution in [2.75, 3.05) is 34.3 Å². The highest BCUT2D eigenvalue weighted by molar-refractivity contribution is 5.56. The summed E-state index contributed by atoms with van der Waals surface area (Å²) in [5.74, 6) is 3.10. The Morgan fingerprint density at radius 1 is 0.964 bits per heavy atom. The number of fused-ring (bicyclic) bond motifs is 5. The number of likely N-dealkylation sites (N-methyl/N-ethyl adjacent to an activating group) is 1. The third-order valence-corrected chi connectivity index (χ3v) is 6.09. The van der Waals surface area contributed by atoms with Crippen molar-refractivity contribution in [1.82, 2.24) is 4.90 Å². The van der Waals surface area contributed by atoms with Gasteiger partial charge in [-0.3, -0.25) is 4.90 Å². The average Bonchev–Trinajstić information content (AvgIpc) is 3.43. The lowest BCUT2D eigenvalue weighted by molar-refractivity contribution is -0.160. The van der Waals surface area contributed by atoms with E-state index >= 15 is 0 Å². The zero-order valence-corrected chi connectivity index (χ0v) is 15.8. The van der Waals surface area contributed by atoms with Crippen molar-refractivity contribution >= 4 is 0 Å². The molecule has 0 spiro atoms. The zero-order chi connectivity index (χ0) is 18.8. The Labute approximate surface area is 162 Å². The molecule has 4 heterocycles. The molecule has 4 aliphatic heterocycles. The first-order valence-electron chi connectivity index (χ1n) is 9.48. The Kier molecular flexibility index (Phi) is 3.53. The molecule has 0 bridgehead atoms. The number of benzene rings is 2. The number of rotatable bonds is 2. The van der Waals surface area contributed by atoms with Gasteiger partial charge in [-0.2, -0.15) is 0 Å². The summed E-state index contributed by atoms with van der Waals surface area (Å²) in [5.41, 5.74) is 4.50. The van der Waals surface area contributed by atoms with Crippen LogP contribution in [0.15, 0.2) is 24.3 Å². The van der Waals surface area contributed by atoms with Crippen LogP contribution >= 0.6 is 0 Å². The molecule has 2 aromatic rings. The lowest BCUT2D eigenvalue weighted by atomic mass is 9.86. The van der Waals surface area contributed by atoms with Gasteiger partial charge < -0.3 is 28.4 Å². The first-order valence-corrected chi connectivity index (χ1v) is 9.48. The second-order valence-corrected chi connectivity index (χ2v) is 7.51. The molecule has 28 heavy (non-hydrogen) atoms. The predicted molar refractivity (Wildman–Crippen MR) is 97.8 cm³/mol. The van der Waals surface area contributed by atoms with Gasteiger partial charge in [-0.15, -0.1) is 0 Å². The molecule has 0 amide bonds. The SMILES string of the molecule is CO[C@@H]1O[C@@H]([C@@H]2c3cc4c(cc3CCN2C)OCO4)c2ccc3c(c21)OCO3. The lowest BCUT2D eigenvalue weighted by Crippen LogP contribution is -2.35. The highest BCUT2D eigenvalue weighted by atomic mass is 16.7. The molecule has 0 N–H and O–H groups in total. The van der Waals surface area contributed by atoms with E-state index in [9.17, 15) is 0 Å². The van der Waals surface area contributed by atoms with Gasteiger partial charge in [0, 0.05) is 13.7 Å². The minimum absolute atomic E-state index is 0.0394. The summed E-state index contributed by atoms with van der Waals surface area (Å²) in [7, 11) is 3.79. The van der Waals surface area contributed by atoms with Crippen molar-refractivity contribution in [3.63, 3.8) is 0 Å². The summed E-state index contributed by atoms with van der Waals surface area (Å²) in [4.78, 5) is 2.33. The number of hydrogen-bond acceptors (Lipinski definition) is 7. The van der Waals surface area contributed by atoms with Crippen LogP contribution in [0.3, 0.4) is 0 Å². The summed E-state index contributed by atoms with van der Waals surface area (Å²) in [6.07, 6.45) is 0.302. The fraction of sp³-hybridized carbons (Fsp3) is 0.429. The van der Waals surface area contributed by atoms with Crippen LogP contribution in [0.5, 0.6) is 23.0 Å². The van der Waals surface area contributed by atoms with Crippen molar-refractivity contribution in [2.45, 2.75) is 24.9 Å². The second-order valence-electron chi connectivity index (χ2n) is 7.51. The van der Waals surface area contributed by atoms with Gasteiger partial charge in [-0.1, -0.05) is 6.07 Å². The van der Waals surface area contributed by atoms with Gasteiger partial charge in [0.15, 0.2) is 29.3 Å². The Bertz CT molecular complexity index is 960. The van der Waals surface area contributed by atoms with Crippen molar-refractivity contribution < 1.29 is 28.4 Å². The Morgan fingerprint density at radius 2 is 1.75 bits per heavy atom. The maximum atomic E-state index is 6.42. The smallest absolute Gasteiger partial charge is 0.231 e. The van der Waals surface area contributed by atoms with E-state index in [2.05, 4.69) is 30.1 Å². The summed E-state index contributed by atoms with van der Waals surface area (Å²) in [6.45, 7) is 1.44. The van der Waals surface area contributed by atoms with Crippen LogP contribution in [0.2, 0.25) is 0 Å². The van der Waals surface area contributed by atoms with Crippen molar-refractivity contribution in [3.05, 3.63) is 46.5 Å². The molecule has 0 saturated carbocycles. The third kappa shape index (κ3) is 2.21. The monoisotopic (exact) mass is 383 g/mol. The van der Waals surface area contributed by atoms with E-state index in [1.165, 1.54) is 11.1 Å². The van der Waals surface area contributed by atoms with Crippen LogP contribution in [-0.4, -0.2) is 39.2 Å². The quantitative estimate of drug-likeness (QED) is 0.790. The maximum Gasteiger partial charge on any atom is 0.231 e. The Balaban J connectivity index is 1.48. The highest BCUT2D eigenvalue weighted by Gasteiger charge is 2.45. The second kappa shape index (κ2) is 6.01. The molecule has 7 nitrogen and oxygen atoms in total. The summed E-state index contributed by atoms with van der Waals surface area (Å²) >= 11 is 0. The maximum absolute atomic E-state index is 6.42. The Morgan fingerprint density at radius 3 is 2.61 bits per heavy atom. The van der Waals surface area contributed by atoms with E-state index in [4.69, 9.17) is 28.4 Å². The largest absolute Gasteiger partial charge is 0.454 e. The molecule has 0 saturated heterocycles. The van der Waals surface area contributed by atoms with Crippen LogP contribution in [0.4, 0.5) is 0 Å². The molecule has 0 fully saturated rings. The van der Waals surface area contributed by atoms with Gasteiger partial charge in [-0.05, 0) is 48.4 Å². The number of hydrogen-bond donors (Lipinski definition) is 0. The van der Waals surface area contributed by atoms with E-state index in [1.807, 2.05) is 6.07 Å². The minimum Gasteiger partial charge on any atom is -0.454 e. The molecule has 2 aromatic carbocycles. The molecule has 0 radical (unpaired) electrons. The molecule has 4 aliphatic rings. The molecule has 6 rings (SSSR count). The molecule has 3 atom stereocenters. The fourth-order valence-corrected chi connectivity index (χ4v) is 4.75. The van der Waals surface area contributed by atoms with Gasteiger partial charge >= 0.3 is 0 Å². The number of nitrogens with zero attached hydrogens (tertiary/aromatic N) is 1. The van der Waals surface area contributed by atoms with E-state index in [-0.39, 0.29) is 25.7 Å². The van der Waals surface area contributed by atoms with Crippen LogP contribution in [0.25, 0.3) is 0 Å². The topological polar surface area (TPSA) is 58.6 Å². The first-order chi connectivity index (χ1) is 13.7. The van der Waals surface area contributed by atoms with Crippen LogP contribution in [-0.2, 0) is 15.9 Å². The molecule has 7 heteroatoms. The fourth-order valence-electron chi connectivity index (χ4n) is 4.75.